The van der Waals surface area contributed by atoms with Crippen LogP contribution in [-0.4, -0.2) is 9.78 Å². The third-order valence-electron chi connectivity index (χ3n) is 3.65. The quantitative estimate of drug-likeness (QED) is 0.768. The van der Waals surface area contributed by atoms with Crippen LogP contribution in [0.3, 0.4) is 0 Å². The maximum Gasteiger partial charge on any atom is 0.0841 e. The fraction of sp³-hybridized carbons (Fsp3) is 0.312. The predicted molar refractivity (Wildman–Crippen MR) is 85.0 cm³/mol. The van der Waals surface area contributed by atoms with E-state index in [0.717, 1.165) is 18.8 Å². The summed E-state index contributed by atoms with van der Waals surface area (Å²) in [6.45, 7) is 6.02. The van der Waals surface area contributed by atoms with E-state index in [9.17, 15) is 0 Å². The minimum absolute atomic E-state index is 0.354. The zero-order valence-corrected chi connectivity index (χ0v) is 12.7. The van der Waals surface area contributed by atoms with Crippen LogP contribution in [0.25, 0.3) is 10.9 Å². The van der Waals surface area contributed by atoms with Gasteiger partial charge >= 0.3 is 0 Å². The standard InChI is InChI=1S/C16H19N3S/c1-3-19-16-7-5-4-6-14(16)15(18-19)10-17-12(2)13-8-9-20-11-13/h4-9,11-12,17H,3,10H2,1-2H3. The number of benzene rings is 1. The molecule has 0 aliphatic carbocycles. The van der Waals surface area contributed by atoms with E-state index in [-0.39, 0.29) is 0 Å². The van der Waals surface area contributed by atoms with Gasteiger partial charge in [-0.2, -0.15) is 16.4 Å². The van der Waals surface area contributed by atoms with Crippen LogP contribution in [0.2, 0.25) is 0 Å². The molecule has 0 saturated carbocycles. The van der Waals surface area contributed by atoms with Crippen LogP contribution in [0.1, 0.15) is 31.1 Å². The number of hydrogen-bond acceptors (Lipinski definition) is 3. The molecule has 20 heavy (non-hydrogen) atoms. The van der Waals surface area contributed by atoms with Crippen LogP contribution in [-0.2, 0) is 13.1 Å². The fourth-order valence-corrected chi connectivity index (χ4v) is 3.21. The van der Waals surface area contributed by atoms with Crippen LogP contribution >= 0.6 is 11.3 Å². The number of aryl methyl sites for hydroxylation is 1. The van der Waals surface area contributed by atoms with Crippen molar-refractivity contribution in [3.63, 3.8) is 0 Å². The predicted octanol–water partition coefficient (Wildman–Crippen LogP) is 3.97. The zero-order valence-electron chi connectivity index (χ0n) is 11.8. The summed E-state index contributed by atoms with van der Waals surface area (Å²) in [7, 11) is 0. The largest absolute Gasteiger partial charge is 0.304 e. The molecule has 1 atom stereocenters. The fourth-order valence-electron chi connectivity index (χ4n) is 2.46. The number of para-hydroxylation sites is 1. The lowest BCUT2D eigenvalue weighted by atomic mass is 10.1. The first-order valence-electron chi connectivity index (χ1n) is 6.99. The molecule has 0 aliphatic rings. The smallest absolute Gasteiger partial charge is 0.0841 e. The highest BCUT2D eigenvalue weighted by Crippen LogP contribution is 2.20. The Hall–Kier alpha value is -1.65. The Morgan fingerprint density at radius 3 is 2.90 bits per heavy atom. The lowest BCUT2D eigenvalue weighted by Gasteiger charge is -2.11. The number of hydrogen-bond donors (Lipinski definition) is 1. The van der Waals surface area contributed by atoms with Crippen LogP contribution in [0.5, 0.6) is 0 Å². The van der Waals surface area contributed by atoms with Gasteiger partial charge < -0.3 is 5.32 Å². The molecule has 104 valence electrons. The molecular weight excluding hydrogens is 266 g/mol. The Labute approximate surface area is 123 Å². The Morgan fingerprint density at radius 1 is 1.30 bits per heavy atom. The monoisotopic (exact) mass is 285 g/mol. The number of fused-ring (bicyclic) bond motifs is 1. The maximum absolute atomic E-state index is 4.72. The Kier molecular flexibility index (Phi) is 3.85. The SMILES string of the molecule is CCn1nc(CNC(C)c2ccsc2)c2ccccc21. The third-order valence-corrected chi connectivity index (χ3v) is 4.35. The van der Waals surface area contributed by atoms with Crippen molar-refractivity contribution in [3.8, 4) is 0 Å². The van der Waals surface area contributed by atoms with E-state index in [4.69, 9.17) is 5.10 Å². The summed E-state index contributed by atoms with van der Waals surface area (Å²) in [5.41, 5.74) is 3.69. The molecular formula is C16H19N3S. The molecule has 1 aromatic carbocycles. The zero-order chi connectivity index (χ0) is 13.9. The van der Waals surface area contributed by atoms with Crippen LogP contribution in [0.4, 0.5) is 0 Å². The van der Waals surface area contributed by atoms with Crippen molar-refractivity contribution in [2.75, 3.05) is 0 Å². The van der Waals surface area contributed by atoms with Gasteiger partial charge in [0.15, 0.2) is 0 Å². The molecule has 0 spiro atoms. The average Bonchev–Trinajstić information content (AvgIpc) is 3.13. The molecule has 1 unspecified atom stereocenters. The van der Waals surface area contributed by atoms with Crippen LogP contribution < -0.4 is 5.32 Å². The van der Waals surface area contributed by atoms with Gasteiger partial charge in [-0.05, 0) is 42.3 Å². The van der Waals surface area contributed by atoms with Gasteiger partial charge in [-0.3, -0.25) is 4.68 Å². The van der Waals surface area contributed by atoms with Crippen molar-refractivity contribution in [2.45, 2.75) is 33.0 Å². The Bertz CT molecular complexity index is 685. The van der Waals surface area contributed by atoms with Gasteiger partial charge in [-0.25, -0.2) is 0 Å². The summed E-state index contributed by atoms with van der Waals surface area (Å²) in [6, 6.07) is 11.0. The number of nitrogens with one attached hydrogen (secondary N) is 1. The summed E-state index contributed by atoms with van der Waals surface area (Å²) in [5.74, 6) is 0. The van der Waals surface area contributed by atoms with E-state index in [1.165, 1.54) is 16.5 Å². The molecule has 4 heteroatoms. The molecule has 3 aromatic rings. The van der Waals surface area contributed by atoms with Crippen molar-refractivity contribution in [1.82, 2.24) is 15.1 Å². The number of rotatable bonds is 5. The van der Waals surface area contributed by atoms with Gasteiger partial charge in [0, 0.05) is 24.5 Å². The first-order valence-corrected chi connectivity index (χ1v) is 7.93. The molecule has 0 saturated heterocycles. The topological polar surface area (TPSA) is 29.9 Å². The van der Waals surface area contributed by atoms with E-state index in [1.807, 2.05) is 0 Å². The number of nitrogens with zero attached hydrogens (tertiary/aromatic N) is 2. The van der Waals surface area contributed by atoms with Crippen molar-refractivity contribution >= 4 is 22.2 Å². The van der Waals surface area contributed by atoms with Crippen LogP contribution in [0.15, 0.2) is 41.1 Å². The van der Waals surface area contributed by atoms with Crippen molar-refractivity contribution in [2.24, 2.45) is 0 Å². The second-order valence-electron chi connectivity index (χ2n) is 4.94. The minimum Gasteiger partial charge on any atom is -0.304 e. The highest BCUT2D eigenvalue weighted by molar-refractivity contribution is 7.07. The second-order valence-corrected chi connectivity index (χ2v) is 5.72. The lowest BCUT2D eigenvalue weighted by Crippen LogP contribution is -2.18. The normalized spacial score (nSPS) is 12.9. The average molecular weight is 285 g/mol. The van der Waals surface area contributed by atoms with E-state index in [1.54, 1.807) is 11.3 Å². The van der Waals surface area contributed by atoms with Gasteiger partial charge in [-0.1, -0.05) is 18.2 Å². The molecule has 0 amide bonds. The Morgan fingerprint density at radius 2 is 2.15 bits per heavy atom. The van der Waals surface area contributed by atoms with Crippen LogP contribution in [0, 0.1) is 0 Å². The van der Waals surface area contributed by atoms with E-state index >= 15 is 0 Å². The first kappa shape index (κ1) is 13.3. The van der Waals surface area contributed by atoms with Crippen molar-refractivity contribution in [3.05, 3.63) is 52.3 Å². The van der Waals surface area contributed by atoms with Gasteiger partial charge in [0.05, 0.1) is 11.2 Å². The Balaban J connectivity index is 1.81. The molecule has 0 aliphatic heterocycles. The molecule has 0 fully saturated rings. The van der Waals surface area contributed by atoms with Gasteiger partial charge in [0.2, 0.25) is 0 Å². The summed E-state index contributed by atoms with van der Waals surface area (Å²) in [4.78, 5) is 0. The molecule has 2 heterocycles. The van der Waals surface area contributed by atoms with Crippen molar-refractivity contribution < 1.29 is 0 Å². The lowest BCUT2D eigenvalue weighted by molar-refractivity contribution is 0.560. The summed E-state index contributed by atoms with van der Waals surface area (Å²) in [5, 5.41) is 13.8. The third kappa shape index (κ3) is 2.49. The minimum atomic E-state index is 0.354. The molecule has 0 bridgehead atoms. The second kappa shape index (κ2) is 5.77. The molecule has 0 radical (unpaired) electrons. The van der Waals surface area contributed by atoms with Gasteiger partial charge in [-0.15, -0.1) is 0 Å². The van der Waals surface area contributed by atoms with E-state index in [0.29, 0.717) is 6.04 Å². The number of thiophene rings is 1. The maximum atomic E-state index is 4.72. The summed E-state index contributed by atoms with van der Waals surface area (Å²) >= 11 is 1.74. The highest BCUT2D eigenvalue weighted by Gasteiger charge is 2.11. The molecule has 2 aromatic heterocycles. The summed E-state index contributed by atoms with van der Waals surface area (Å²) < 4.78 is 2.07. The molecule has 3 rings (SSSR count). The van der Waals surface area contributed by atoms with E-state index in [2.05, 4.69) is 64.9 Å². The van der Waals surface area contributed by atoms with Gasteiger partial charge in [0.25, 0.3) is 0 Å². The summed E-state index contributed by atoms with van der Waals surface area (Å²) in [6.07, 6.45) is 0. The highest BCUT2D eigenvalue weighted by atomic mass is 32.1. The molecule has 1 N–H and O–H groups in total. The first-order chi connectivity index (χ1) is 9.79. The van der Waals surface area contributed by atoms with Gasteiger partial charge in [0.1, 0.15) is 0 Å². The van der Waals surface area contributed by atoms with E-state index < -0.39 is 0 Å². The van der Waals surface area contributed by atoms with Crippen molar-refractivity contribution in [1.29, 1.82) is 0 Å². The molecule has 3 nitrogen and oxygen atoms in total. The number of aromatic nitrogens is 2.